The molecule has 0 aliphatic carbocycles. The van der Waals surface area contributed by atoms with E-state index >= 15 is 0 Å². The first-order chi connectivity index (χ1) is 16.5. The van der Waals surface area contributed by atoms with E-state index in [9.17, 15) is 0 Å². The van der Waals surface area contributed by atoms with E-state index in [2.05, 4.69) is 85.8 Å². The van der Waals surface area contributed by atoms with Crippen LogP contribution < -0.4 is 0 Å². The molecule has 0 unspecified atom stereocenters. The van der Waals surface area contributed by atoms with E-state index in [0.717, 1.165) is 64.5 Å². The molecule has 0 atom stereocenters. The van der Waals surface area contributed by atoms with Gasteiger partial charge in [0.15, 0.2) is 5.65 Å². The topological polar surface area (TPSA) is 90.1 Å². The van der Waals surface area contributed by atoms with Crippen molar-refractivity contribution in [2.75, 3.05) is 0 Å². The summed E-state index contributed by atoms with van der Waals surface area (Å²) in [5, 5.41) is 15.2. The minimum absolute atomic E-state index is 0.495. The zero-order valence-corrected chi connectivity index (χ0v) is 20.6. The number of nitrogens with one attached hydrogen (secondary N) is 1. The molecule has 0 amide bonds. The quantitative estimate of drug-likeness (QED) is 0.320. The summed E-state index contributed by atoms with van der Waals surface area (Å²) in [7, 11) is 0. The maximum Gasteiger partial charge on any atom is 0.206 e. The maximum atomic E-state index is 6.29. The van der Waals surface area contributed by atoms with Crippen LogP contribution in [0.4, 0.5) is 0 Å². The number of fused-ring (bicyclic) bond motifs is 1. The van der Waals surface area contributed by atoms with Crippen LogP contribution in [-0.4, -0.2) is 39.7 Å². The molecule has 4 heterocycles. The van der Waals surface area contributed by atoms with Crippen LogP contribution in [-0.2, 0) is 19.5 Å². The maximum absolute atomic E-state index is 6.29. The lowest BCUT2D eigenvalue weighted by atomic mass is 10.0. The highest BCUT2D eigenvalue weighted by atomic mass is 35.5. The molecule has 5 aromatic rings. The molecule has 0 spiro atoms. The van der Waals surface area contributed by atoms with E-state index in [1.54, 1.807) is 0 Å². The molecule has 0 saturated carbocycles. The first-order valence-corrected chi connectivity index (χ1v) is 11.9. The highest BCUT2D eigenvalue weighted by molar-refractivity contribution is 6.29. The Labute approximate surface area is 203 Å². The van der Waals surface area contributed by atoms with Crippen LogP contribution in [0.15, 0.2) is 36.4 Å². The summed E-state index contributed by atoms with van der Waals surface area (Å²) < 4.78 is 4.47. The monoisotopic (exact) mass is 474 g/mol. The number of aromatic nitrogens is 8. The molecule has 5 rings (SSSR count). The number of H-pyrrole nitrogens is 1. The van der Waals surface area contributed by atoms with E-state index in [1.807, 2.05) is 13.0 Å². The van der Waals surface area contributed by atoms with Crippen LogP contribution in [0.2, 0.25) is 5.15 Å². The molecule has 1 aromatic carbocycles. The zero-order chi connectivity index (χ0) is 23.8. The van der Waals surface area contributed by atoms with Crippen LogP contribution >= 0.6 is 11.6 Å². The van der Waals surface area contributed by atoms with Gasteiger partial charge < -0.3 is 9.13 Å². The van der Waals surface area contributed by atoms with Gasteiger partial charge in [0.1, 0.15) is 16.5 Å². The van der Waals surface area contributed by atoms with E-state index in [4.69, 9.17) is 16.6 Å². The summed E-state index contributed by atoms with van der Waals surface area (Å²) in [6.45, 7) is 9.98. The number of aryl methyl sites for hydroxylation is 3. The van der Waals surface area contributed by atoms with Crippen molar-refractivity contribution in [2.45, 2.75) is 53.6 Å². The standard InChI is InChI=1S/C25H27ClN8/c1-5-7-21-28-22-15(3)12-20(26)27-25(22)34(21)14-17-8-10-18(11-9-17)23-19(24-29-31-32-30-24)13-16(4)33(23)6-2/h8-13H,5-7,14H2,1-4H3,(H,29,30,31,32). The second-order valence-electron chi connectivity index (χ2n) is 8.52. The van der Waals surface area contributed by atoms with Gasteiger partial charge in [0.25, 0.3) is 0 Å². The normalized spacial score (nSPS) is 11.6. The third kappa shape index (κ3) is 3.88. The average molecular weight is 475 g/mol. The first kappa shape index (κ1) is 22.3. The Morgan fingerprint density at radius 3 is 2.47 bits per heavy atom. The van der Waals surface area contributed by atoms with E-state index in [1.165, 1.54) is 5.56 Å². The molecule has 0 radical (unpaired) electrons. The number of pyridine rings is 1. The Balaban J connectivity index is 1.54. The fourth-order valence-corrected chi connectivity index (χ4v) is 4.86. The molecule has 0 aliphatic heterocycles. The van der Waals surface area contributed by atoms with Crippen LogP contribution in [0, 0.1) is 13.8 Å². The largest absolute Gasteiger partial charge is 0.345 e. The molecule has 34 heavy (non-hydrogen) atoms. The summed E-state index contributed by atoms with van der Waals surface area (Å²) in [4.78, 5) is 9.49. The third-order valence-electron chi connectivity index (χ3n) is 6.19. The lowest BCUT2D eigenvalue weighted by molar-refractivity contribution is 0.716. The Morgan fingerprint density at radius 1 is 1.00 bits per heavy atom. The average Bonchev–Trinajstić information content (AvgIpc) is 3.54. The van der Waals surface area contributed by atoms with Crippen LogP contribution in [0.1, 0.15) is 42.9 Å². The minimum atomic E-state index is 0.495. The molecular formula is C25H27ClN8. The molecule has 1 N–H and O–H groups in total. The van der Waals surface area contributed by atoms with Gasteiger partial charge in [-0.05, 0) is 61.2 Å². The molecule has 0 saturated heterocycles. The van der Waals surface area contributed by atoms with E-state index in [0.29, 0.717) is 17.5 Å². The van der Waals surface area contributed by atoms with Gasteiger partial charge in [-0.15, -0.1) is 10.2 Å². The predicted octanol–water partition coefficient (Wildman–Crippen LogP) is 5.37. The van der Waals surface area contributed by atoms with Crippen molar-refractivity contribution >= 4 is 22.8 Å². The summed E-state index contributed by atoms with van der Waals surface area (Å²) >= 11 is 6.29. The number of aromatic amines is 1. The van der Waals surface area contributed by atoms with Gasteiger partial charge in [-0.25, -0.2) is 9.97 Å². The minimum Gasteiger partial charge on any atom is -0.345 e. The van der Waals surface area contributed by atoms with Gasteiger partial charge in [-0.3, -0.25) is 0 Å². The van der Waals surface area contributed by atoms with Crippen molar-refractivity contribution in [1.29, 1.82) is 0 Å². The number of rotatable bonds is 7. The molecular weight excluding hydrogens is 448 g/mol. The second-order valence-corrected chi connectivity index (χ2v) is 8.91. The predicted molar refractivity (Wildman–Crippen MR) is 134 cm³/mol. The van der Waals surface area contributed by atoms with Crippen LogP contribution in [0.25, 0.3) is 33.8 Å². The van der Waals surface area contributed by atoms with Gasteiger partial charge in [-0.1, -0.05) is 42.8 Å². The zero-order valence-electron chi connectivity index (χ0n) is 19.8. The van der Waals surface area contributed by atoms with Gasteiger partial charge >= 0.3 is 0 Å². The second kappa shape index (κ2) is 9.02. The first-order valence-electron chi connectivity index (χ1n) is 11.6. The molecule has 4 aromatic heterocycles. The number of hydrogen-bond donors (Lipinski definition) is 1. The van der Waals surface area contributed by atoms with E-state index < -0.39 is 0 Å². The molecule has 0 aliphatic rings. The number of nitrogens with zero attached hydrogens (tertiary/aromatic N) is 7. The van der Waals surface area contributed by atoms with Crippen molar-refractivity contribution in [3.8, 4) is 22.6 Å². The smallest absolute Gasteiger partial charge is 0.206 e. The fourth-order valence-electron chi connectivity index (χ4n) is 4.62. The molecule has 9 heteroatoms. The van der Waals surface area contributed by atoms with E-state index in [-0.39, 0.29) is 0 Å². The SMILES string of the molecule is CCCc1nc2c(C)cc(Cl)nc2n1Cc1ccc(-c2c(-c3nn[nH]n3)cc(C)n2CC)cc1. The summed E-state index contributed by atoms with van der Waals surface area (Å²) in [5.41, 5.74) is 8.32. The number of halogens is 1. The molecule has 174 valence electrons. The third-order valence-corrected chi connectivity index (χ3v) is 6.38. The van der Waals surface area contributed by atoms with Crippen molar-refractivity contribution < 1.29 is 0 Å². The number of imidazole rings is 1. The van der Waals surface area contributed by atoms with Crippen molar-refractivity contribution in [3.05, 3.63) is 64.2 Å². The Morgan fingerprint density at radius 2 is 1.79 bits per heavy atom. The van der Waals surface area contributed by atoms with Gasteiger partial charge in [0.2, 0.25) is 5.82 Å². The fraction of sp³-hybridized carbons (Fsp3) is 0.320. The number of hydrogen-bond acceptors (Lipinski definition) is 5. The van der Waals surface area contributed by atoms with Crippen molar-refractivity contribution in [1.82, 2.24) is 39.7 Å². The highest BCUT2D eigenvalue weighted by Crippen LogP contribution is 2.33. The Hall–Kier alpha value is -3.52. The van der Waals surface area contributed by atoms with Crippen molar-refractivity contribution in [2.24, 2.45) is 0 Å². The van der Waals surface area contributed by atoms with Crippen molar-refractivity contribution in [3.63, 3.8) is 0 Å². The number of tetrazole rings is 1. The Bertz CT molecular complexity index is 1450. The van der Waals surface area contributed by atoms with Crippen LogP contribution in [0.3, 0.4) is 0 Å². The van der Waals surface area contributed by atoms with Gasteiger partial charge in [0, 0.05) is 24.2 Å². The summed E-state index contributed by atoms with van der Waals surface area (Å²) in [6, 6.07) is 12.6. The van der Waals surface area contributed by atoms with Gasteiger partial charge in [-0.2, -0.15) is 5.21 Å². The molecule has 0 bridgehead atoms. The van der Waals surface area contributed by atoms with Crippen LogP contribution in [0.5, 0.6) is 0 Å². The molecule has 8 nitrogen and oxygen atoms in total. The molecule has 0 fully saturated rings. The summed E-state index contributed by atoms with van der Waals surface area (Å²) in [6.07, 6.45) is 1.91. The Kier molecular flexibility index (Phi) is 5.91. The number of benzene rings is 1. The summed E-state index contributed by atoms with van der Waals surface area (Å²) in [5.74, 6) is 1.64. The lowest BCUT2D eigenvalue weighted by Gasteiger charge is -2.12. The highest BCUT2D eigenvalue weighted by Gasteiger charge is 2.19. The van der Waals surface area contributed by atoms with Gasteiger partial charge in [0.05, 0.1) is 12.2 Å². The lowest BCUT2D eigenvalue weighted by Crippen LogP contribution is -2.06.